The van der Waals surface area contributed by atoms with Crippen LogP contribution >= 0.6 is 0 Å². The quantitative estimate of drug-likeness (QED) is 0.219. The molecule has 2 aliphatic carbocycles. The molecule has 0 saturated carbocycles. The van der Waals surface area contributed by atoms with Crippen LogP contribution in [0, 0.1) is 0 Å². The summed E-state index contributed by atoms with van der Waals surface area (Å²) < 4.78 is 8.55. The van der Waals surface area contributed by atoms with Crippen LogP contribution < -0.4 is 0 Å². The van der Waals surface area contributed by atoms with E-state index in [0.717, 1.165) is 17.6 Å². The van der Waals surface area contributed by atoms with Gasteiger partial charge in [0.15, 0.2) is 0 Å². The first-order valence-corrected chi connectivity index (χ1v) is 14.6. The smallest absolute Gasteiger partial charge is 0.135 e. The lowest BCUT2D eigenvalue weighted by molar-refractivity contribution is 0.661. The molecule has 0 amide bonds. The minimum absolute atomic E-state index is 0.0119. The molecule has 2 heterocycles. The first-order valence-electron chi connectivity index (χ1n) is 14.6. The Bertz CT molecular complexity index is 2270. The largest absolute Gasteiger partial charge is 0.456 e. The van der Waals surface area contributed by atoms with Crippen LogP contribution in [-0.2, 0) is 5.41 Å². The third-order valence-corrected chi connectivity index (χ3v) is 9.54. The molecule has 0 bridgehead atoms. The second-order valence-electron chi connectivity index (χ2n) is 12.1. The van der Waals surface area contributed by atoms with Gasteiger partial charge in [0.25, 0.3) is 0 Å². The minimum atomic E-state index is -0.0119. The van der Waals surface area contributed by atoms with Crippen LogP contribution in [0.4, 0.5) is 0 Å². The Balaban J connectivity index is 1.17. The second kappa shape index (κ2) is 8.11. The number of aromatic nitrogens is 1. The topological polar surface area (TPSA) is 18.1 Å². The molecule has 7 aromatic rings. The number of hydrogen-bond donors (Lipinski definition) is 0. The summed E-state index contributed by atoms with van der Waals surface area (Å²) in [6.45, 7) is 4.72. The van der Waals surface area contributed by atoms with Crippen molar-refractivity contribution in [1.29, 1.82) is 0 Å². The highest BCUT2D eigenvalue weighted by Gasteiger charge is 2.36. The van der Waals surface area contributed by atoms with Gasteiger partial charge in [-0.3, -0.25) is 0 Å². The minimum Gasteiger partial charge on any atom is -0.456 e. The fraction of sp³-hybridized carbons (Fsp3) is 0.128. The lowest BCUT2D eigenvalue weighted by Gasteiger charge is -2.21. The van der Waals surface area contributed by atoms with Crippen LogP contribution in [0.5, 0.6) is 0 Å². The van der Waals surface area contributed by atoms with Crippen molar-refractivity contribution in [1.82, 2.24) is 4.57 Å². The van der Waals surface area contributed by atoms with E-state index in [2.05, 4.69) is 128 Å². The number of furan rings is 1. The molecule has 41 heavy (non-hydrogen) atoms. The maximum absolute atomic E-state index is 6.08. The lowest BCUT2D eigenvalue weighted by atomic mass is 9.82. The zero-order valence-corrected chi connectivity index (χ0v) is 23.2. The monoisotopic (exact) mass is 527 g/mol. The van der Waals surface area contributed by atoms with E-state index in [1.54, 1.807) is 0 Å². The van der Waals surface area contributed by atoms with Crippen molar-refractivity contribution in [2.24, 2.45) is 0 Å². The predicted octanol–water partition coefficient (Wildman–Crippen LogP) is 10.6. The van der Waals surface area contributed by atoms with Crippen molar-refractivity contribution in [3.63, 3.8) is 0 Å². The molecule has 2 aliphatic rings. The second-order valence-corrected chi connectivity index (χ2v) is 12.1. The average molecular weight is 528 g/mol. The van der Waals surface area contributed by atoms with E-state index in [1.165, 1.54) is 66.1 Å². The fourth-order valence-corrected chi connectivity index (χ4v) is 7.44. The van der Waals surface area contributed by atoms with Crippen LogP contribution in [0.3, 0.4) is 0 Å². The standard InChI is InChI=1S/C39H29NO/c1-39(2)33-12-6-3-9-27(33)30-23-36-31(22-34(30)39)28-10-4-7-13-35(28)40(36)26-18-15-24(16-19-26)25-17-20-38-32(21-25)29-11-5-8-14-37(29)41-38/h3-15,17-24H,16H2,1-2H3. The average Bonchev–Trinajstić information content (AvgIpc) is 3.62. The van der Waals surface area contributed by atoms with E-state index in [9.17, 15) is 0 Å². The van der Waals surface area contributed by atoms with Crippen LogP contribution in [0.15, 0.2) is 126 Å². The SMILES string of the molecule is CC1(C)c2ccccc2-c2cc3c(cc21)c1ccccc1n3C1=CCC(c2ccc3oc4ccccc4c3c2)C=C1. The van der Waals surface area contributed by atoms with Gasteiger partial charge in [0.2, 0.25) is 0 Å². The number of fused-ring (bicyclic) bond motifs is 9. The molecule has 0 fully saturated rings. The molecule has 5 aromatic carbocycles. The zero-order valence-electron chi connectivity index (χ0n) is 23.2. The van der Waals surface area contributed by atoms with Crippen LogP contribution in [0.1, 0.15) is 42.9 Å². The van der Waals surface area contributed by atoms with Gasteiger partial charge in [0, 0.05) is 38.6 Å². The van der Waals surface area contributed by atoms with Gasteiger partial charge in [0.1, 0.15) is 11.2 Å². The summed E-state index contributed by atoms with van der Waals surface area (Å²) in [6, 6.07) is 37.7. The summed E-state index contributed by atoms with van der Waals surface area (Å²) in [5.41, 5.74) is 12.6. The fourth-order valence-electron chi connectivity index (χ4n) is 7.44. The summed E-state index contributed by atoms with van der Waals surface area (Å²) in [4.78, 5) is 0. The number of rotatable bonds is 2. The van der Waals surface area contributed by atoms with Crippen molar-refractivity contribution in [3.8, 4) is 11.1 Å². The van der Waals surface area contributed by atoms with Gasteiger partial charge in [0.05, 0.1) is 11.0 Å². The Kier molecular flexibility index (Phi) is 4.54. The van der Waals surface area contributed by atoms with E-state index in [1.807, 2.05) is 12.1 Å². The number of benzene rings is 5. The Morgan fingerprint density at radius 2 is 1.44 bits per heavy atom. The number of nitrogens with zero attached hydrogens (tertiary/aromatic N) is 1. The maximum atomic E-state index is 6.08. The van der Waals surface area contributed by atoms with Gasteiger partial charge in [-0.05, 0) is 76.7 Å². The van der Waals surface area contributed by atoms with Crippen LogP contribution in [0.25, 0.3) is 60.6 Å². The van der Waals surface area contributed by atoms with Gasteiger partial charge >= 0.3 is 0 Å². The van der Waals surface area contributed by atoms with Crippen LogP contribution in [0.2, 0.25) is 0 Å². The van der Waals surface area contributed by atoms with E-state index < -0.39 is 0 Å². The van der Waals surface area contributed by atoms with Gasteiger partial charge in [-0.2, -0.15) is 0 Å². The van der Waals surface area contributed by atoms with Crippen molar-refractivity contribution < 1.29 is 4.42 Å². The maximum Gasteiger partial charge on any atom is 0.135 e. The molecule has 1 atom stereocenters. The molecule has 0 spiro atoms. The van der Waals surface area contributed by atoms with Crippen molar-refractivity contribution in [3.05, 3.63) is 138 Å². The summed E-state index contributed by atoms with van der Waals surface area (Å²) in [7, 11) is 0. The number of para-hydroxylation sites is 2. The van der Waals surface area contributed by atoms with E-state index in [-0.39, 0.29) is 5.41 Å². The molecule has 0 saturated heterocycles. The molecule has 1 unspecified atom stereocenters. The Labute approximate surface area is 238 Å². The zero-order chi connectivity index (χ0) is 27.3. The highest BCUT2D eigenvalue weighted by atomic mass is 16.3. The number of allylic oxidation sites excluding steroid dienone is 4. The first kappa shape index (κ1) is 22.9. The van der Waals surface area contributed by atoms with Crippen molar-refractivity contribution in [2.45, 2.75) is 31.6 Å². The molecule has 9 rings (SSSR count). The molecule has 0 radical (unpaired) electrons. The molecule has 2 aromatic heterocycles. The number of hydrogen-bond acceptors (Lipinski definition) is 1. The first-order chi connectivity index (χ1) is 20.1. The molecule has 0 aliphatic heterocycles. The Morgan fingerprint density at radius 1 is 0.659 bits per heavy atom. The Hall–Kier alpha value is -4.82. The molecular formula is C39H29NO. The molecule has 2 nitrogen and oxygen atoms in total. The third kappa shape index (κ3) is 3.13. The summed E-state index contributed by atoms with van der Waals surface area (Å²) >= 11 is 0. The van der Waals surface area contributed by atoms with Gasteiger partial charge in [-0.25, -0.2) is 0 Å². The van der Waals surface area contributed by atoms with E-state index in [4.69, 9.17) is 4.42 Å². The lowest BCUT2D eigenvalue weighted by Crippen LogP contribution is -2.14. The van der Waals surface area contributed by atoms with Gasteiger partial charge in [-0.15, -0.1) is 0 Å². The third-order valence-electron chi connectivity index (χ3n) is 9.54. The molecule has 0 N–H and O–H groups in total. The summed E-state index contributed by atoms with van der Waals surface area (Å²) in [5.74, 6) is 0.335. The molecule has 2 heteroatoms. The van der Waals surface area contributed by atoms with Gasteiger partial charge < -0.3 is 8.98 Å². The van der Waals surface area contributed by atoms with E-state index in [0.29, 0.717) is 5.92 Å². The molecule has 196 valence electrons. The van der Waals surface area contributed by atoms with Crippen molar-refractivity contribution >= 4 is 49.4 Å². The summed E-state index contributed by atoms with van der Waals surface area (Å²) in [5, 5.41) is 5.02. The predicted molar refractivity (Wildman–Crippen MR) is 171 cm³/mol. The van der Waals surface area contributed by atoms with E-state index >= 15 is 0 Å². The van der Waals surface area contributed by atoms with Crippen LogP contribution in [-0.4, -0.2) is 4.57 Å². The van der Waals surface area contributed by atoms with Crippen molar-refractivity contribution in [2.75, 3.05) is 0 Å². The molecular weight excluding hydrogens is 498 g/mol. The normalized spacial score (nSPS) is 17.4. The Morgan fingerprint density at radius 3 is 2.32 bits per heavy atom. The highest BCUT2D eigenvalue weighted by molar-refractivity contribution is 6.12. The van der Waals surface area contributed by atoms with Gasteiger partial charge in [-0.1, -0.05) is 92.7 Å². The highest BCUT2D eigenvalue weighted by Crippen LogP contribution is 2.51. The summed E-state index contributed by atoms with van der Waals surface area (Å²) in [6.07, 6.45) is 8.08.